The minimum atomic E-state index is -0.257. The lowest BCUT2D eigenvalue weighted by molar-refractivity contribution is -0.146. The molecule has 1 N–H and O–H groups in total. The smallest absolute Gasteiger partial charge is 0.310 e. The van der Waals surface area contributed by atoms with Crippen molar-refractivity contribution < 1.29 is 14.6 Å². The number of hydrogen-bond donors (Lipinski definition) is 1. The second-order valence-electron chi connectivity index (χ2n) is 13.0. The number of esters is 1. The molecule has 3 aromatic rings. The molecule has 0 spiro atoms. The Morgan fingerprint density at radius 2 is 1.88 bits per heavy atom. The SMILES string of the molecule is Cc1cccc(Cl)c1CN1CCc2cc(-c3c(CO)ncc(CC(=O)OC(C)C)c3N3CCC(C)(C)CC3)ccc2C1. The molecule has 42 heavy (non-hydrogen) atoms. The van der Waals surface area contributed by atoms with Crippen molar-refractivity contribution in [3.05, 3.63) is 81.1 Å². The summed E-state index contributed by atoms with van der Waals surface area (Å²) in [5, 5.41) is 11.3. The zero-order valence-electron chi connectivity index (χ0n) is 25.7. The summed E-state index contributed by atoms with van der Waals surface area (Å²) < 4.78 is 5.53. The van der Waals surface area contributed by atoms with Crippen LogP contribution in [0.15, 0.2) is 42.6 Å². The second-order valence-corrected chi connectivity index (χ2v) is 13.4. The number of carbonyl (C=O) groups is 1. The number of anilines is 1. The van der Waals surface area contributed by atoms with Crippen LogP contribution in [0.25, 0.3) is 11.1 Å². The first-order chi connectivity index (χ1) is 20.0. The van der Waals surface area contributed by atoms with Crippen LogP contribution in [0.2, 0.25) is 5.02 Å². The average molecular weight is 590 g/mol. The number of aliphatic hydroxyl groups is 1. The van der Waals surface area contributed by atoms with Gasteiger partial charge in [0.1, 0.15) is 0 Å². The molecule has 2 aliphatic rings. The molecule has 7 heteroatoms. The number of pyridine rings is 1. The standard InChI is InChI=1S/C35H44ClN3O3/c1-23(2)42-32(41)18-28-19-37-31(22-40)33(34(28)39-15-12-35(4,5)13-16-39)26-9-10-27-20-38(14-11-25(27)17-26)21-29-24(3)7-6-8-30(29)36/h6-10,17,19,23,40H,11-16,18,20-22H2,1-5H3. The van der Waals surface area contributed by atoms with E-state index in [9.17, 15) is 9.90 Å². The van der Waals surface area contributed by atoms with Crippen LogP contribution < -0.4 is 4.90 Å². The Hall–Kier alpha value is -2.93. The molecule has 0 unspecified atom stereocenters. The largest absolute Gasteiger partial charge is 0.463 e. The number of aromatic nitrogens is 1. The van der Waals surface area contributed by atoms with Crippen molar-refractivity contribution >= 4 is 23.3 Å². The van der Waals surface area contributed by atoms with Gasteiger partial charge in [0.2, 0.25) is 0 Å². The molecule has 5 rings (SSSR count). The molecule has 2 aliphatic heterocycles. The summed E-state index contributed by atoms with van der Waals surface area (Å²) in [5.74, 6) is -0.257. The maximum Gasteiger partial charge on any atom is 0.310 e. The monoisotopic (exact) mass is 589 g/mol. The van der Waals surface area contributed by atoms with Gasteiger partial charge in [-0.2, -0.15) is 0 Å². The van der Waals surface area contributed by atoms with Gasteiger partial charge in [-0.15, -0.1) is 0 Å². The predicted octanol–water partition coefficient (Wildman–Crippen LogP) is 6.88. The van der Waals surface area contributed by atoms with Crippen LogP contribution in [0, 0.1) is 12.3 Å². The number of hydrogen-bond acceptors (Lipinski definition) is 6. The minimum Gasteiger partial charge on any atom is -0.463 e. The van der Waals surface area contributed by atoms with Crippen LogP contribution in [0.5, 0.6) is 0 Å². The number of fused-ring (bicyclic) bond motifs is 1. The molecule has 0 bridgehead atoms. The first kappa shape index (κ1) is 30.5. The zero-order chi connectivity index (χ0) is 30.0. The van der Waals surface area contributed by atoms with E-state index in [1.54, 1.807) is 6.20 Å². The van der Waals surface area contributed by atoms with Crippen LogP contribution >= 0.6 is 11.6 Å². The molecule has 0 saturated carbocycles. The van der Waals surface area contributed by atoms with Crippen molar-refractivity contribution in [2.45, 2.75) is 86.1 Å². The maximum absolute atomic E-state index is 12.8. The van der Waals surface area contributed by atoms with Crippen LogP contribution in [-0.4, -0.2) is 46.7 Å². The molecular formula is C35H44ClN3O3. The quantitative estimate of drug-likeness (QED) is 0.289. The molecule has 6 nitrogen and oxygen atoms in total. The summed E-state index contributed by atoms with van der Waals surface area (Å²) in [4.78, 5) is 22.4. The topological polar surface area (TPSA) is 65.9 Å². The van der Waals surface area contributed by atoms with Gasteiger partial charge in [0.15, 0.2) is 0 Å². The molecule has 1 saturated heterocycles. The van der Waals surface area contributed by atoms with Gasteiger partial charge in [-0.05, 0) is 79.3 Å². The third-order valence-electron chi connectivity index (χ3n) is 8.81. The van der Waals surface area contributed by atoms with E-state index in [2.05, 4.69) is 59.8 Å². The molecule has 0 radical (unpaired) electrons. The Morgan fingerprint density at radius 1 is 1.12 bits per heavy atom. The summed E-state index contributed by atoms with van der Waals surface area (Å²) in [6, 6.07) is 12.8. The lowest BCUT2D eigenvalue weighted by Gasteiger charge is -2.40. The number of rotatable bonds is 8. The average Bonchev–Trinajstić information content (AvgIpc) is 2.94. The normalized spacial score (nSPS) is 16.9. The summed E-state index contributed by atoms with van der Waals surface area (Å²) in [7, 11) is 0. The first-order valence-electron chi connectivity index (χ1n) is 15.2. The van der Waals surface area contributed by atoms with E-state index in [1.165, 1.54) is 22.3 Å². The minimum absolute atomic E-state index is 0.153. The highest BCUT2D eigenvalue weighted by atomic mass is 35.5. The van der Waals surface area contributed by atoms with Crippen molar-refractivity contribution in [1.82, 2.24) is 9.88 Å². The van der Waals surface area contributed by atoms with E-state index in [4.69, 9.17) is 16.3 Å². The summed E-state index contributed by atoms with van der Waals surface area (Å²) in [6.07, 6.45) is 4.79. The molecule has 0 amide bonds. The lowest BCUT2D eigenvalue weighted by Crippen LogP contribution is -2.38. The number of nitrogens with zero attached hydrogens (tertiary/aromatic N) is 3. The summed E-state index contributed by atoms with van der Waals surface area (Å²) >= 11 is 6.54. The molecule has 2 aromatic carbocycles. The Kier molecular flexibility index (Phi) is 9.26. The second kappa shape index (κ2) is 12.7. The highest BCUT2D eigenvalue weighted by Gasteiger charge is 2.30. The van der Waals surface area contributed by atoms with Gasteiger partial charge in [-0.1, -0.05) is 55.8 Å². The van der Waals surface area contributed by atoms with E-state index >= 15 is 0 Å². The van der Waals surface area contributed by atoms with Crippen LogP contribution in [-0.2, 0) is 42.1 Å². The van der Waals surface area contributed by atoms with E-state index < -0.39 is 0 Å². The molecular weight excluding hydrogens is 546 g/mol. The Bertz CT molecular complexity index is 1420. The van der Waals surface area contributed by atoms with Gasteiger partial charge in [-0.3, -0.25) is 14.7 Å². The predicted molar refractivity (Wildman–Crippen MR) is 170 cm³/mol. The van der Waals surface area contributed by atoms with Crippen LogP contribution in [0.3, 0.4) is 0 Å². The van der Waals surface area contributed by atoms with E-state index in [0.29, 0.717) is 5.69 Å². The Morgan fingerprint density at radius 3 is 2.57 bits per heavy atom. The fourth-order valence-corrected chi connectivity index (χ4v) is 6.56. The molecule has 1 fully saturated rings. The van der Waals surface area contributed by atoms with Gasteiger partial charge in [0.25, 0.3) is 0 Å². The number of aryl methyl sites for hydroxylation is 1. The van der Waals surface area contributed by atoms with Gasteiger partial charge >= 0.3 is 5.97 Å². The van der Waals surface area contributed by atoms with Gasteiger partial charge in [-0.25, -0.2) is 0 Å². The highest BCUT2D eigenvalue weighted by Crippen LogP contribution is 2.41. The van der Waals surface area contributed by atoms with E-state index in [-0.39, 0.29) is 30.5 Å². The third-order valence-corrected chi connectivity index (χ3v) is 9.17. The van der Waals surface area contributed by atoms with Crippen molar-refractivity contribution in [3.63, 3.8) is 0 Å². The number of piperidine rings is 1. The number of halogens is 1. The number of ether oxygens (including phenoxy) is 1. The van der Waals surface area contributed by atoms with Crippen molar-refractivity contribution in [3.8, 4) is 11.1 Å². The maximum atomic E-state index is 12.8. The van der Waals surface area contributed by atoms with Crippen LogP contribution in [0.4, 0.5) is 5.69 Å². The molecule has 0 atom stereocenters. The Balaban J connectivity index is 1.50. The number of carbonyl (C=O) groups excluding carboxylic acids is 1. The van der Waals surface area contributed by atoms with Gasteiger partial charge in [0, 0.05) is 55.1 Å². The molecule has 0 aliphatic carbocycles. The fraction of sp³-hybridized carbons (Fsp3) is 0.486. The molecule has 3 heterocycles. The van der Waals surface area contributed by atoms with Gasteiger partial charge < -0.3 is 14.7 Å². The highest BCUT2D eigenvalue weighted by molar-refractivity contribution is 6.31. The van der Waals surface area contributed by atoms with E-state index in [0.717, 1.165) is 79.4 Å². The first-order valence-corrected chi connectivity index (χ1v) is 15.6. The fourth-order valence-electron chi connectivity index (χ4n) is 6.28. The van der Waals surface area contributed by atoms with Crippen molar-refractivity contribution in [2.75, 3.05) is 24.5 Å². The van der Waals surface area contributed by atoms with Crippen LogP contribution in [0.1, 0.15) is 74.0 Å². The zero-order valence-corrected chi connectivity index (χ0v) is 26.4. The third kappa shape index (κ3) is 6.82. The number of benzene rings is 2. The molecule has 224 valence electrons. The summed E-state index contributed by atoms with van der Waals surface area (Å²) in [6.45, 7) is 14.7. The Labute approximate surface area is 255 Å². The van der Waals surface area contributed by atoms with Crippen molar-refractivity contribution in [1.29, 1.82) is 0 Å². The van der Waals surface area contributed by atoms with Gasteiger partial charge in [0.05, 0.1) is 30.5 Å². The summed E-state index contributed by atoms with van der Waals surface area (Å²) in [5.41, 5.74) is 9.80. The van der Waals surface area contributed by atoms with E-state index in [1.807, 2.05) is 26.0 Å². The number of aliphatic hydroxyl groups excluding tert-OH is 1. The van der Waals surface area contributed by atoms with Crippen molar-refractivity contribution in [2.24, 2.45) is 5.41 Å². The molecule has 1 aromatic heterocycles. The lowest BCUT2D eigenvalue weighted by atomic mass is 9.82.